The molecule has 3 unspecified atom stereocenters. The molecular formula is C27H37NO4. The zero-order valence-corrected chi connectivity index (χ0v) is 19.8. The number of hydrogen-bond acceptors (Lipinski definition) is 3. The predicted molar refractivity (Wildman–Crippen MR) is 122 cm³/mol. The van der Waals surface area contributed by atoms with Crippen LogP contribution in [0.25, 0.3) is 0 Å². The molecule has 0 bridgehead atoms. The number of rotatable bonds is 3. The highest BCUT2D eigenvalue weighted by atomic mass is 16.5. The van der Waals surface area contributed by atoms with Crippen molar-refractivity contribution in [1.29, 1.82) is 0 Å². The van der Waals surface area contributed by atoms with Crippen LogP contribution in [0.4, 0.5) is 0 Å². The molecular weight excluding hydrogens is 402 g/mol. The van der Waals surface area contributed by atoms with Crippen LogP contribution in [0.3, 0.4) is 0 Å². The Morgan fingerprint density at radius 3 is 2.56 bits per heavy atom. The van der Waals surface area contributed by atoms with E-state index in [0.29, 0.717) is 42.3 Å². The number of para-hydroxylation sites is 1. The van der Waals surface area contributed by atoms with E-state index in [1.165, 1.54) is 0 Å². The SMILES string of the molecule is COc1ccccc1C1(C(=O)O)CC[C@H]2[C@@H]3C(C)CC4NC(=O)CC[C@]4(C)[C@@H]3CC[C@@]21C. The van der Waals surface area contributed by atoms with Gasteiger partial charge in [0.05, 0.1) is 7.11 Å². The van der Waals surface area contributed by atoms with Crippen molar-refractivity contribution in [3.05, 3.63) is 29.8 Å². The van der Waals surface area contributed by atoms with Crippen LogP contribution in [0.2, 0.25) is 0 Å². The maximum Gasteiger partial charge on any atom is 0.314 e. The zero-order valence-electron chi connectivity index (χ0n) is 19.8. The molecule has 5 heteroatoms. The Morgan fingerprint density at radius 1 is 1.12 bits per heavy atom. The van der Waals surface area contributed by atoms with Gasteiger partial charge in [-0.2, -0.15) is 0 Å². The summed E-state index contributed by atoms with van der Waals surface area (Å²) in [6.45, 7) is 6.99. The summed E-state index contributed by atoms with van der Waals surface area (Å²) < 4.78 is 5.68. The van der Waals surface area contributed by atoms with E-state index in [0.717, 1.165) is 37.7 Å². The molecule has 1 aromatic carbocycles. The van der Waals surface area contributed by atoms with Crippen LogP contribution < -0.4 is 10.1 Å². The van der Waals surface area contributed by atoms with Crippen molar-refractivity contribution in [2.45, 2.75) is 77.2 Å². The fourth-order valence-electron chi connectivity index (χ4n) is 8.99. The van der Waals surface area contributed by atoms with Crippen LogP contribution in [-0.2, 0) is 15.0 Å². The first-order valence-corrected chi connectivity index (χ1v) is 12.4. The maximum absolute atomic E-state index is 13.1. The number of carboxylic acids is 1. The van der Waals surface area contributed by atoms with E-state index in [4.69, 9.17) is 4.74 Å². The van der Waals surface area contributed by atoms with E-state index in [-0.39, 0.29) is 22.8 Å². The normalized spacial score (nSPS) is 45.2. The standard InChI is InChI=1S/C27H37NO4/c1-16-15-21-25(2,12-11-22(29)28-21)18-9-13-26(3)19(23(16)18)10-14-27(26,24(30)31)17-7-5-6-8-20(17)32-4/h5-8,16,18-19,21,23H,9-15H2,1-4H3,(H,28,29)(H,30,31)/t16?,18-,19+,21?,23-,25-,26+,27?/m1/s1. The summed E-state index contributed by atoms with van der Waals surface area (Å²) >= 11 is 0. The third-order valence-corrected chi connectivity index (χ3v) is 10.6. The molecule has 4 fully saturated rings. The van der Waals surface area contributed by atoms with Gasteiger partial charge in [0.1, 0.15) is 11.2 Å². The average Bonchev–Trinajstić information content (AvgIpc) is 3.09. The molecule has 5 rings (SSSR count). The highest BCUT2D eigenvalue weighted by molar-refractivity contribution is 5.84. The molecule has 4 aliphatic rings. The van der Waals surface area contributed by atoms with Crippen molar-refractivity contribution < 1.29 is 19.4 Å². The number of benzene rings is 1. The number of carbonyl (C=O) groups excluding carboxylic acids is 1. The number of hydrogen-bond donors (Lipinski definition) is 2. The molecule has 174 valence electrons. The van der Waals surface area contributed by atoms with Gasteiger partial charge in [0.15, 0.2) is 0 Å². The van der Waals surface area contributed by atoms with Crippen molar-refractivity contribution in [2.24, 2.45) is 34.5 Å². The summed E-state index contributed by atoms with van der Waals surface area (Å²) in [5.41, 5.74) is -0.279. The molecule has 8 atom stereocenters. The number of aliphatic carboxylic acids is 1. The van der Waals surface area contributed by atoms with Gasteiger partial charge in [-0.25, -0.2) is 0 Å². The van der Waals surface area contributed by atoms with Gasteiger partial charge in [-0.3, -0.25) is 9.59 Å². The quantitative estimate of drug-likeness (QED) is 0.710. The Kier molecular flexibility index (Phi) is 4.92. The molecule has 3 aliphatic carbocycles. The van der Waals surface area contributed by atoms with Crippen LogP contribution in [0.1, 0.15) is 71.3 Å². The number of nitrogens with one attached hydrogen (secondary N) is 1. The highest BCUT2D eigenvalue weighted by Crippen LogP contribution is 2.70. The summed E-state index contributed by atoms with van der Waals surface area (Å²) in [5, 5.41) is 14.1. The first-order valence-electron chi connectivity index (χ1n) is 12.4. The third kappa shape index (κ3) is 2.63. The van der Waals surface area contributed by atoms with Crippen molar-refractivity contribution in [2.75, 3.05) is 7.11 Å². The van der Waals surface area contributed by atoms with Crippen molar-refractivity contribution >= 4 is 11.9 Å². The summed E-state index contributed by atoms with van der Waals surface area (Å²) in [5.74, 6) is 2.07. The van der Waals surface area contributed by atoms with E-state index in [1.807, 2.05) is 24.3 Å². The summed E-state index contributed by atoms with van der Waals surface area (Å²) in [7, 11) is 1.64. The van der Waals surface area contributed by atoms with Crippen LogP contribution >= 0.6 is 0 Å². The van der Waals surface area contributed by atoms with Gasteiger partial charge in [-0.1, -0.05) is 39.0 Å². The van der Waals surface area contributed by atoms with Gasteiger partial charge in [0, 0.05) is 18.0 Å². The number of amides is 1. The van der Waals surface area contributed by atoms with Gasteiger partial charge in [-0.15, -0.1) is 0 Å². The smallest absolute Gasteiger partial charge is 0.314 e. The number of fused-ring (bicyclic) bond motifs is 5. The van der Waals surface area contributed by atoms with Gasteiger partial charge in [0.25, 0.3) is 0 Å². The minimum atomic E-state index is -0.923. The Balaban J connectivity index is 1.58. The molecule has 0 aromatic heterocycles. The lowest BCUT2D eigenvalue weighted by Crippen LogP contribution is -2.64. The molecule has 0 spiro atoms. The summed E-state index contributed by atoms with van der Waals surface area (Å²) in [6.07, 6.45) is 6.13. The van der Waals surface area contributed by atoms with Gasteiger partial charge in [-0.05, 0) is 79.1 Å². The topological polar surface area (TPSA) is 75.6 Å². The minimum Gasteiger partial charge on any atom is -0.496 e. The Hall–Kier alpha value is -2.04. The fraction of sp³-hybridized carbons (Fsp3) is 0.704. The van der Waals surface area contributed by atoms with Crippen LogP contribution in [-0.4, -0.2) is 30.1 Å². The summed E-state index contributed by atoms with van der Waals surface area (Å²) in [6, 6.07) is 8.01. The van der Waals surface area contributed by atoms with E-state index >= 15 is 0 Å². The van der Waals surface area contributed by atoms with Crippen molar-refractivity contribution in [1.82, 2.24) is 5.32 Å². The van der Waals surface area contributed by atoms with Gasteiger partial charge < -0.3 is 15.2 Å². The van der Waals surface area contributed by atoms with Crippen LogP contribution in [0.15, 0.2) is 24.3 Å². The van der Waals surface area contributed by atoms with Crippen LogP contribution in [0.5, 0.6) is 5.75 Å². The molecule has 3 saturated carbocycles. The first kappa shape index (κ1) is 21.8. The van der Waals surface area contributed by atoms with E-state index in [2.05, 4.69) is 26.1 Å². The predicted octanol–water partition coefficient (Wildman–Crippen LogP) is 4.78. The average molecular weight is 440 g/mol. The fourth-order valence-corrected chi connectivity index (χ4v) is 8.99. The second-order valence-corrected chi connectivity index (χ2v) is 11.5. The summed E-state index contributed by atoms with van der Waals surface area (Å²) in [4.78, 5) is 25.3. The van der Waals surface area contributed by atoms with Crippen molar-refractivity contribution in [3.8, 4) is 5.75 Å². The molecule has 0 radical (unpaired) electrons. The lowest BCUT2D eigenvalue weighted by atomic mass is 9.43. The second-order valence-electron chi connectivity index (χ2n) is 11.5. The molecule has 32 heavy (non-hydrogen) atoms. The lowest BCUT2D eigenvalue weighted by Gasteiger charge is -2.63. The Labute approximate surface area is 191 Å². The number of carbonyl (C=O) groups is 2. The molecule has 1 saturated heterocycles. The third-order valence-electron chi connectivity index (χ3n) is 10.6. The Morgan fingerprint density at radius 2 is 1.84 bits per heavy atom. The molecule has 1 aromatic rings. The van der Waals surface area contributed by atoms with Crippen molar-refractivity contribution in [3.63, 3.8) is 0 Å². The van der Waals surface area contributed by atoms with Crippen LogP contribution in [0, 0.1) is 34.5 Å². The molecule has 2 N–H and O–H groups in total. The highest BCUT2D eigenvalue weighted by Gasteiger charge is 2.69. The molecule has 1 aliphatic heterocycles. The lowest BCUT2D eigenvalue weighted by molar-refractivity contribution is -0.161. The Bertz CT molecular complexity index is 945. The molecule has 1 heterocycles. The van der Waals surface area contributed by atoms with E-state index < -0.39 is 11.4 Å². The number of methoxy groups -OCH3 is 1. The second kappa shape index (κ2) is 7.23. The number of piperidine rings is 1. The monoisotopic (exact) mass is 439 g/mol. The van der Waals surface area contributed by atoms with Gasteiger partial charge in [0.2, 0.25) is 5.91 Å². The maximum atomic E-state index is 13.1. The zero-order chi connectivity index (χ0) is 22.9. The van der Waals surface area contributed by atoms with Gasteiger partial charge >= 0.3 is 5.97 Å². The number of carboxylic acid groups (broad SMARTS) is 1. The molecule has 5 nitrogen and oxygen atoms in total. The van der Waals surface area contributed by atoms with E-state index in [9.17, 15) is 14.7 Å². The minimum absolute atomic E-state index is 0.116. The largest absolute Gasteiger partial charge is 0.496 e. The number of ether oxygens (including phenoxy) is 1. The van der Waals surface area contributed by atoms with E-state index in [1.54, 1.807) is 7.11 Å². The molecule has 1 amide bonds. The first-order chi connectivity index (χ1) is 15.2.